The second-order valence-corrected chi connectivity index (χ2v) is 6.47. The SMILES string of the molecule is CCO[C@H]1COC[C@@H]1n1cnc(-c2ccccc2)c1-c1ccccc1C#N. The Morgan fingerprint density at radius 1 is 1.15 bits per heavy atom. The molecular weight excluding hydrogens is 338 g/mol. The molecule has 3 aromatic rings. The van der Waals surface area contributed by atoms with Crippen molar-refractivity contribution in [2.45, 2.75) is 19.1 Å². The molecule has 0 N–H and O–H groups in total. The Morgan fingerprint density at radius 3 is 2.70 bits per heavy atom. The maximum atomic E-state index is 9.64. The van der Waals surface area contributed by atoms with Crippen molar-refractivity contribution in [1.82, 2.24) is 9.55 Å². The molecular formula is C22H21N3O2. The number of nitriles is 1. The monoisotopic (exact) mass is 359 g/mol. The molecule has 0 saturated carbocycles. The van der Waals surface area contributed by atoms with Crippen molar-refractivity contribution in [3.63, 3.8) is 0 Å². The van der Waals surface area contributed by atoms with Crippen LogP contribution < -0.4 is 0 Å². The number of aromatic nitrogens is 2. The fraction of sp³-hybridized carbons (Fsp3) is 0.273. The van der Waals surface area contributed by atoms with Gasteiger partial charge in [0.25, 0.3) is 0 Å². The van der Waals surface area contributed by atoms with Crippen molar-refractivity contribution < 1.29 is 9.47 Å². The van der Waals surface area contributed by atoms with Gasteiger partial charge in [-0.25, -0.2) is 4.98 Å². The van der Waals surface area contributed by atoms with Crippen LogP contribution in [0.15, 0.2) is 60.9 Å². The molecule has 5 nitrogen and oxygen atoms in total. The molecule has 2 heterocycles. The molecule has 0 aliphatic carbocycles. The minimum Gasteiger partial charge on any atom is -0.376 e. The van der Waals surface area contributed by atoms with Crippen LogP contribution in [-0.4, -0.2) is 35.5 Å². The molecule has 1 fully saturated rings. The minimum absolute atomic E-state index is 0.0247. The smallest absolute Gasteiger partial charge is 0.104 e. The van der Waals surface area contributed by atoms with E-state index in [1.54, 1.807) is 0 Å². The molecule has 5 heteroatoms. The molecule has 0 bridgehead atoms. The fourth-order valence-corrected chi connectivity index (χ4v) is 3.63. The van der Waals surface area contributed by atoms with Gasteiger partial charge in [-0.05, 0) is 13.0 Å². The lowest BCUT2D eigenvalue weighted by molar-refractivity contribution is 0.0364. The lowest BCUT2D eigenvalue weighted by Gasteiger charge is -2.22. The van der Waals surface area contributed by atoms with E-state index in [0.29, 0.717) is 25.4 Å². The van der Waals surface area contributed by atoms with Gasteiger partial charge in [0.1, 0.15) is 6.10 Å². The number of nitrogens with zero attached hydrogens (tertiary/aromatic N) is 3. The lowest BCUT2D eigenvalue weighted by Crippen LogP contribution is -2.25. The van der Waals surface area contributed by atoms with E-state index < -0.39 is 0 Å². The second kappa shape index (κ2) is 7.75. The van der Waals surface area contributed by atoms with Crippen molar-refractivity contribution in [3.05, 3.63) is 66.5 Å². The highest BCUT2D eigenvalue weighted by Crippen LogP contribution is 2.37. The summed E-state index contributed by atoms with van der Waals surface area (Å²) < 4.78 is 13.7. The third kappa shape index (κ3) is 3.25. The Hall–Kier alpha value is -2.94. The van der Waals surface area contributed by atoms with Gasteiger partial charge < -0.3 is 14.0 Å². The molecule has 0 amide bonds. The summed E-state index contributed by atoms with van der Waals surface area (Å²) in [7, 11) is 0. The standard InChI is InChI=1S/C22H21N3O2/c1-2-27-20-14-26-13-19(20)25-15-24-21(16-8-4-3-5-9-16)22(25)18-11-7-6-10-17(18)12-23/h3-11,15,19-20H,2,13-14H2,1H3/t19-,20-/m0/s1. The van der Waals surface area contributed by atoms with E-state index in [1.165, 1.54) is 0 Å². The molecule has 1 aliphatic rings. The summed E-state index contributed by atoms with van der Waals surface area (Å²) in [6, 6.07) is 20.0. The van der Waals surface area contributed by atoms with Gasteiger partial charge in [0.2, 0.25) is 0 Å². The molecule has 0 radical (unpaired) electrons. The molecule has 1 aliphatic heterocycles. The van der Waals surface area contributed by atoms with Crippen molar-refractivity contribution >= 4 is 0 Å². The molecule has 2 aromatic carbocycles. The first-order valence-electron chi connectivity index (χ1n) is 9.14. The van der Waals surface area contributed by atoms with Gasteiger partial charge in [0.15, 0.2) is 0 Å². The van der Waals surface area contributed by atoms with E-state index in [1.807, 2.05) is 67.8 Å². The van der Waals surface area contributed by atoms with E-state index in [2.05, 4.69) is 10.6 Å². The number of imidazole rings is 1. The summed E-state index contributed by atoms with van der Waals surface area (Å²) in [5.41, 5.74) is 4.31. The molecule has 2 atom stereocenters. The van der Waals surface area contributed by atoms with E-state index in [0.717, 1.165) is 22.5 Å². The van der Waals surface area contributed by atoms with Gasteiger partial charge in [-0.1, -0.05) is 48.5 Å². The Morgan fingerprint density at radius 2 is 1.93 bits per heavy atom. The predicted molar refractivity (Wildman–Crippen MR) is 103 cm³/mol. The highest BCUT2D eigenvalue weighted by Gasteiger charge is 2.33. The molecule has 27 heavy (non-hydrogen) atoms. The van der Waals surface area contributed by atoms with Gasteiger partial charge in [0, 0.05) is 17.7 Å². The number of rotatable bonds is 5. The molecule has 0 spiro atoms. The Labute approximate surface area is 158 Å². The normalized spacial score (nSPS) is 19.1. The van der Waals surface area contributed by atoms with Crippen molar-refractivity contribution in [1.29, 1.82) is 5.26 Å². The first-order valence-corrected chi connectivity index (χ1v) is 9.14. The zero-order valence-electron chi connectivity index (χ0n) is 15.2. The van der Waals surface area contributed by atoms with Crippen LogP contribution >= 0.6 is 0 Å². The zero-order chi connectivity index (χ0) is 18.6. The van der Waals surface area contributed by atoms with Crippen LogP contribution in [0.5, 0.6) is 0 Å². The fourth-order valence-electron chi connectivity index (χ4n) is 3.63. The quantitative estimate of drug-likeness (QED) is 0.689. The number of hydrogen-bond donors (Lipinski definition) is 0. The summed E-state index contributed by atoms with van der Waals surface area (Å²) in [4.78, 5) is 4.72. The third-order valence-electron chi connectivity index (χ3n) is 4.88. The molecule has 136 valence electrons. The van der Waals surface area contributed by atoms with Gasteiger partial charge in [-0.2, -0.15) is 5.26 Å². The lowest BCUT2D eigenvalue weighted by atomic mass is 10.00. The average molecular weight is 359 g/mol. The highest BCUT2D eigenvalue weighted by molar-refractivity contribution is 5.81. The molecule has 1 saturated heterocycles. The van der Waals surface area contributed by atoms with Crippen molar-refractivity contribution in [2.24, 2.45) is 0 Å². The Balaban J connectivity index is 1.91. The maximum absolute atomic E-state index is 9.64. The minimum atomic E-state index is -0.0270. The van der Waals surface area contributed by atoms with Crippen molar-refractivity contribution in [2.75, 3.05) is 19.8 Å². The summed E-state index contributed by atoms with van der Waals surface area (Å²) >= 11 is 0. The van der Waals surface area contributed by atoms with Crippen LogP contribution in [0.3, 0.4) is 0 Å². The van der Waals surface area contributed by atoms with Crippen molar-refractivity contribution in [3.8, 4) is 28.6 Å². The Kier molecular flexibility index (Phi) is 5.01. The van der Waals surface area contributed by atoms with E-state index in [-0.39, 0.29) is 12.1 Å². The summed E-state index contributed by atoms with van der Waals surface area (Å²) in [6.45, 7) is 3.76. The van der Waals surface area contributed by atoms with Gasteiger partial charge in [-0.3, -0.25) is 0 Å². The highest BCUT2D eigenvalue weighted by atomic mass is 16.5. The van der Waals surface area contributed by atoms with Crippen LogP contribution in [0.4, 0.5) is 0 Å². The Bertz CT molecular complexity index is 959. The van der Waals surface area contributed by atoms with Crippen LogP contribution in [0, 0.1) is 11.3 Å². The summed E-state index contributed by atoms with van der Waals surface area (Å²) in [5, 5.41) is 9.64. The largest absolute Gasteiger partial charge is 0.376 e. The predicted octanol–water partition coefficient (Wildman–Crippen LogP) is 4.07. The molecule has 1 aromatic heterocycles. The number of ether oxygens (including phenoxy) is 2. The topological polar surface area (TPSA) is 60.1 Å². The summed E-state index contributed by atoms with van der Waals surface area (Å²) in [5.74, 6) is 0. The van der Waals surface area contributed by atoms with Crippen LogP contribution in [0.1, 0.15) is 18.5 Å². The molecule has 0 unspecified atom stereocenters. The van der Waals surface area contributed by atoms with Gasteiger partial charge >= 0.3 is 0 Å². The molecule has 4 rings (SSSR count). The third-order valence-corrected chi connectivity index (χ3v) is 4.88. The maximum Gasteiger partial charge on any atom is 0.104 e. The van der Waals surface area contributed by atoms with Crippen LogP contribution in [0.2, 0.25) is 0 Å². The summed E-state index contributed by atoms with van der Waals surface area (Å²) in [6.07, 6.45) is 1.82. The van der Waals surface area contributed by atoms with Crippen LogP contribution in [0.25, 0.3) is 22.5 Å². The number of hydrogen-bond acceptors (Lipinski definition) is 4. The van der Waals surface area contributed by atoms with E-state index >= 15 is 0 Å². The van der Waals surface area contributed by atoms with Gasteiger partial charge in [0.05, 0.1) is 48.6 Å². The van der Waals surface area contributed by atoms with E-state index in [4.69, 9.17) is 14.5 Å². The first-order chi connectivity index (χ1) is 13.3. The van der Waals surface area contributed by atoms with E-state index in [9.17, 15) is 5.26 Å². The average Bonchev–Trinajstić information content (AvgIpc) is 3.35. The number of benzene rings is 2. The second-order valence-electron chi connectivity index (χ2n) is 6.47. The van der Waals surface area contributed by atoms with Crippen LogP contribution in [-0.2, 0) is 9.47 Å². The zero-order valence-corrected chi connectivity index (χ0v) is 15.2. The first kappa shape index (κ1) is 17.5. The van der Waals surface area contributed by atoms with Gasteiger partial charge in [-0.15, -0.1) is 0 Å².